The molecule has 0 heterocycles. The summed E-state index contributed by atoms with van der Waals surface area (Å²) < 4.78 is 0. The fraction of sp³-hybridized carbons (Fsp3) is 0.400. The minimum absolute atomic E-state index is 0.164. The molecule has 0 amide bonds. The molecule has 0 aliphatic carbocycles. The lowest BCUT2D eigenvalue weighted by atomic mass is 10.3. The minimum Gasteiger partial charge on any atom is -0.291 e. The van der Waals surface area contributed by atoms with E-state index >= 15 is 0 Å². The molecular formula is C5H9OSi. The van der Waals surface area contributed by atoms with Gasteiger partial charge in [-0.2, -0.15) is 0 Å². The van der Waals surface area contributed by atoms with Gasteiger partial charge in [0, 0.05) is 15.8 Å². The van der Waals surface area contributed by atoms with Gasteiger partial charge in [0.15, 0.2) is 6.29 Å². The summed E-state index contributed by atoms with van der Waals surface area (Å²) in [5, 5.41) is 0. The van der Waals surface area contributed by atoms with E-state index in [0.29, 0.717) is 0 Å². The normalized spacial score (nSPS) is 13.1. The average Bonchev–Trinajstić information content (AvgIpc) is 1.68. The van der Waals surface area contributed by atoms with Crippen LogP contribution in [0.3, 0.4) is 0 Å². The molecule has 0 saturated heterocycles. The Morgan fingerprint density at radius 3 is 2.71 bits per heavy atom. The molecule has 7 heavy (non-hydrogen) atoms. The minimum atomic E-state index is 0.164. The van der Waals surface area contributed by atoms with E-state index in [9.17, 15) is 4.79 Å². The average molecular weight is 113 g/mol. The van der Waals surface area contributed by atoms with E-state index in [1.165, 1.54) is 0 Å². The van der Waals surface area contributed by atoms with Crippen LogP contribution in [0.5, 0.6) is 0 Å². The van der Waals surface area contributed by atoms with Crippen molar-refractivity contribution in [2.24, 2.45) is 0 Å². The zero-order valence-electron chi connectivity index (χ0n) is 4.48. The van der Waals surface area contributed by atoms with Crippen LogP contribution in [-0.4, -0.2) is 16.5 Å². The summed E-state index contributed by atoms with van der Waals surface area (Å²) in [7, 11) is 0.905. The van der Waals surface area contributed by atoms with Gasteiger partial charge in [0.05, 0.1) is 0 Å². The lowest BCUT2D eigenvalue weighted by molar-refractivity contribution is 0.551. The predicted molar refractivity (Wildman–Crippen MR) is 34.2 cm³/mol. The molecule has 2 heteroatoms. The first-order chi connectivity index (χ1) is 3.31. The van der Waals surface area contributed by atoms with Crippen molar-refractivity contribution in [3.05, 3.63) is 12.7 Å². The van der Waals surface area contributed by atoms with Crippen LogP contribution in [0.4, 0.5) is 0 Å². The second-order valence-electron chi connectivity index (χ2n) is 1.54. The molecule has 0 aliphatic rings. The molecule has 39 valence electrons. The number of carbonyl (C=O) groups excluding carboxylic acids is 1. The van der Waals surface area contributed by atoms with E-state index in [1.807, 2.05) is 6.29 Å². The lowest BCUT2D eigenvalue weighted by Crippen LogP contribution is -1.88. The highest BCUT2D eigenvalue weighted by atomic mass is 28.1. The van der Waals surface area contributed by atoms with Crippen molar-refractivity contribution < 1.29 is 4.79 Å². The SMILES string of the molecule is C=CCC([SiH3])[C]=O. The van der Waals surface area contributed by atoms with Gasteiger partial charge in [-0.15, -0.1) is 6.58 Å². The molecule has 0 aromatic carbocycles. The summed E-state index contributed by atoms with van der Waals surface area (Å²) in [4.78, 5) is 9.76. The maximum absolute atomic E-state index is 9.76. The van der Waals surface area contributed by atoms with Crippen molar-refractivity contribution in [3.63, 3.8) is 0 Å². The molecule has 1 unspecified atom stereocenters. The highest BCUT2D eigenvalue weighted by molar-refractivity contribution is 6.19. The van der Waals surface area contributed by atoms with Crippen LogP contribution in [0.1, 0.15) is 6.42 Å². The maximum Gasteiger partial charge on any atom is 0.198 e. The van der Waals surface area contributed by atoms with Gasteiger partial charge in [0.2, 0.25) is 0 Å². The van der Waals surface area contributed by atoms with E-state index in [-0.39, 0.29) is 5.54 Å². The van der Waals surface area contributed by atoms with Crippen LogP contribution >= 0.6 is 0 Å². The fourth-order valence-electron chi connectivity index (χ4n) is 0.298. The van der Waals surface area contributed by atoms with Crippen molar-refractivity contribution in [1.29, 1.82) is 0 Å². The Morgan fingerprint density at radius 1 is 2.00 bits per heavy atom. The molecule has 0 aliphatic heterocycles. The van der Waals surface area contributed by atoms with Crippen LogP contribution in [0.25, 0.3) is 0 Å². The molecule has 0 rings (SSSR count). The van der Waals surface area contributed by atoms with Crippen molar-refractivity contribution in [3.8, 4) is 0 Å². The standard InChI is InChI=1S/C5H9OSi/c1-2-3-5(7)4-6/h2,5H,1,3H2,7H3. The van der Waals surface area contributed by atoms with Crippen molar-refractivity contribution in [1.82, 2.24) is 0 Å². The van der Waals surface area contributed by atoms with E-state index in [2.05, 4.69) is 6.58 Å². The van der Waals surface area contributed by atoms with E-state index < -0.39 is 0 Å². The van der Waals surface area contributed by atoms with Crippen molar-refractivity contribution >= 4 is 16.5 Å². The van der Waals surface area contributed by atoms with Gasteiger partial charge < -0.3 is 0 Å². The topological polar surface area (TPSA) is 17.1 Å². The Kier molecular flexibility index (Phi) is 3.60. The number of hydrogen-bond acceptors (Lipinski definition) is 1. The first-order valence-corrected chi connectivity index (χ1v) is 3.45. The first-order valence-electron chi connectivity index (χ1n) is 2.29. The number of hydrogen-bond donors (Lipinski definition) is 0. The highest BCUT2D eigenvalue weighted by Gasteiger charge is 1.93. The summed E-state index contributed by atoms with van der Waals surface area (Å²) in [5.74, 6) is 0. The van der Waals surface area contributed by atoms with Gasteiger partial charge in [-0.1, -0.05) is 6.08 Å². The number of rotatable bonds is 3. The van der Waals surface area contributed by atoms with Crippen LogP contribution in [0, 0.1) is 0 Å². The number of allylic oxidation sites excluding steroid dienone is 1. The Balaban J connectivity index is 3.15. The van der Waals surface area contributed by atoms with Crippen LogP contribution < -0.4 is 0 Å². The zero-order valence-corrected chi connectivity index (χ0v) is 6.48. The second kappa shape index (κ2) is 3.80. The van der Waals surface area contributed by atoms with Crippen LogP contribution in [-0.2, 0) is 4.79 Å². The Hall–Kier alpha value is -0.373. The van der Waals surface area contributed by atoms with E-state index in [0.717, 1.165) is 16.7 Å². The first kappa shape index (κ1) is 6.63. The van der Waals surface area contributed by atoms with Crippen molar-refractivity contribution in [2.45, 2.75) is 12.0 Å². The van der Waals surface area contributed by atoms with Crippen molar-refractivity contribution in [2.75, 3.05) is 0 Å². The van der Waals surface area contributed by atoms with Crippen LogP contribution in [0.2, 0.25) is 5.54 Å². The third kappa shape index (κ3) is 3.46. The van der Waals surface area contributed by atoms with E-state index in [4.69, 9.17) is 0 Å². The molecule has 0 saturated carbocycles. The molecule has 0 bridgehead atoms. The van der Waals surface area contributed by atoms with Gasteiger partial charge >= 0.3 is 0 Å². The monoisotopic (exact) mass is 113 g/mol. The Morgan fingerprint density at radius 2 is 2.57 bits per heavy atom. The third-order valence-electron chi connectivity index (χ3n) is 0.721. The fourth-order valence-corrected chi connectivity index (χ4v) is 0.631. The molecule has 0 aromatic rings. The molecule has 0 spiro atoms. The summed E-state index contributed by atoms with van der Waals surface area (Å²) >= 11 is 0. The lowest BCUT2D eigenvalue weighted by Gasteiger charge is -1.89. The zero-order chi connectivity index (χ0) is 5.70. The van der Waals surface area contributed by atoms with Gasteiger partial charge in [-0.25, -0.2) is 0 Å². The molecular weight excluding hydrogens is 104 g/mol. The summed E-state index contributed by atoms with van der Waals surface area (Å²) in [6.07, 6.45) is 4.46. The predicted octanol–water partition coefficient (Wildman–Crippen LogP) is -0.174. The molecule has 1 nitrogen and oxygen atoms in total. The quantitative estimate of drug-likeness (QED) is 0.367. The molecule has 0 fully saturated rings. The van der Waals surface area contributed by atoms with Crippen LogP contribution in [0.15, 0.2) is 12.7 Å². The molecule has 0 aromatic heterocycles. The summed E-state index contributed by atoms with van der Waals surface area (Å²) in [6, 6.07) is 0. The second-order valence-corrected chi connectivity index (χ2v) is 2.94. The van der Waals surface area contributed by atoms with Gasteiger partial charge in [0.25, 0.3) is 0 Å². The Bertz CT molecular complexity index is 70.5. The highest BCUT2D eigenvalue weighted by Crippen LogP contribution is 1.98. The van der Waals surface area contributed by atoms with Gasteiger partial charge in [-0.3, -0.25) is 4.79 Å². The molecule has 1 radical (unpaired) electrons. The Labute approximate surface area is 46.8 Å². The summed E-state index contributed by atoms with van der Waals surface area (Å²) in [6.45, 7) is 3.49. The smallest absolute Gasteiger partial charge is 0.198 e. The summed E-state index contributed by atoms with van der Waals surface area (Å²) in [5.41, 5.74) is 0.164. The largest absolute Gasteiger partial charge is 0.291 e. The third-order valence-corrected chi connectivity index (χ3v) is 1.43. The maximum atomic E-state index is 9.76. The molecule has 0 N–H and O–H groups in total. The van der Waals surface area contributed by atoms with E-state index in [1.54, 1.807) is 6.08 Å². The van der Waals surface area contributed by atoms with Gasteiger partial charge in [0.1, 0.15) is 0 Å². The van der Waals surface area contributed by atoms with Gasteiger partial charge in [-0.05, 0) is 6.42 Å². The molecule has 1 atom stereocenters.